The summed E-state index contributed by atoms with van der Waals surface area (Å²) in [6, 6.07) is 42.3. The van der Waals surface area contributed by atoms with Crippen molar-refractivity contribution in [3.05, 3.63) is 162 Å². The van der Waals surface area contributed by atoms with E-state index in [0.29, 0.717) is 23.7 Å². The molecule has 4 heterocycles. The number of para-hydroxylation sites is 2. The largest absolute Gasteiger partial charge is 0.456 e. The summed E-state index contributed by atoms with van der Waals surface area (Å²) in [6.45, 7) is 19.8. The summed E-state index contributed by atoms with van der Waals surface area (Å²) in [7, 11) is 0. The highest BCUT2D eigenvalue weighted by Gasteiger charge is 2.30. The first kappa shape index (κ1) is 41.3. The van der Waals surface area contributed by atoms with E-state index >= 15 is 0 Å². The molecular formula is C55H58N4O2. The minimum absolute atomic E-state index is 0. The zero-order valence-electron chi connectivity index (χ0n) is 36.0. The Balaban J connectivity index is 0.000000166. The Labute approximate surface area is 360 Å². The number of aliphatic imine (C=N–C) groups is 1. The highest BCUT2D eigenvalue weighted by molar-refractivity contribution is 6.15. The summed E-state index contributed by atoms with van der Waals surface area (Å²) < 4.78 is 15.1. The third-order valence-electron chi connectivity index (χ3n) is 11.9. The van der Waals surface area contributed by atoms with Crippen molar-refractivity contribution >= 4 is 55.4 Å². The molecule has 1 aliphatic rings. The van der Waals surface area contributed by atoms with Crippen LogP contribution in [0.15, 0.2) is 148 Å². The van der Waals surface area contributed by atoms with Crippen LogP contribution in [0.25, 0.3) is 61.0 Å². The van der Waals surface area contributed by atoms with Crippen molar-refractivity contribution in [2.24, 2.45) is 4.99 Å². The fraction of sp³-hybridized carbons (Fsp3) is 0.273. The average Bonchev–Trinajstić information content (AvgIpc) is 4.08. The first-order valence-corrected chi connectivity index (χ1v) is 21.5. The summed E-state index contributed by atoms with van der Waals surface area (Å²) in [6.07, 6.45) is 3.96. The van der Waals surface area contributed by atoms with Crippen molar-refractivity contribution in [3.8, 4) is 17.1 Å². The van der Waals surface area contributed by atoms with E-state index in [9.17, 15) is 0 Å². The molecule has 0 bridgehead atoms. The van der Waals surface area contributed by atoms with Gasteiger partial charge in [0, 0.05) is 62.7 Å². The van der Waals surface area contributed by atoms with Gasteiger partial charge in [-0.25, -0.2) is 4.98 Å². The van der Waals surface area contributed by atoms with E-state index < -0.39 is 0 Å². The van der Waals surface area contributed by atoms with Crippen molar-refractivity contribution < 1.29 is 8.83 Å². The van der Waals surface area contributed by atoms with Crippen LogP contribution in [0.5, 0.6) is 0 Å². The molecule has 6 aromatic carbocycles. The summed E-state index contributed by atoms with van der Waals surface area (Å²) in [4.78, 5) is 12.0. The van der Waals surface area contributed by atoms with Gasteiger partial charge in [0.1, 0.15) is 34.0 Å². The standard InChI is InChI=1S/C27H28N2O.C27H26N2O.CH4/c2*1-17(2)21-16-22-20-12-8-9-13-23(20)30-26(22)24(18(3)4)25(21)29-15-14-28-27(29)19-10-6-5-7-11-19;/h5-13,16-18H,14-15H2,1-4H3;5-18H,1-4H3;1H4. The van der Waals surface area contributed by atoms with E-state index in [0.717, 1.165) is 52.6 Å². The fourth-order valence-corrected chi connectivity index (χ4v) is 9.10. The quantitative estimate of drug-likeness (QED) is 0.153. The Kier molecular flexibility index (Phi) is 11.5. The van der Waals surface area contributed by atoms with Crippen LogP contribution in [-0.4, -0.2) is 28.5 Å². The van der Waals surface area contributed by atoms with Gasteiger partial charge < -0.3 is 13.7 Å². The van der Waals surface area contributed by atoms with E-state index in [1.807, 2.05) is 24.4 Å². The van der Waals surface area contributed by atoms with Gasteiger partial charge in [0.25, 0.3) is 0 Å². The normalized spacial score (nSPS) is 13.0. The van der Waals surface area contributed by atoms with Gasteiger partial charge in [-0.2, -0.15) is 0 Å². The molecule has 310 valence electrons. The smallest absolute Gasteiger partial charge is 0.144 e. The molecule has 3 aromatic heterocycles. The summed E-state index contributed by atoms with van der Waals surface area (Å²) in [5.74, 6) is 3.41. The van der Waals surface area contributed by atoms with Gasteiger partial charge in [0.05, 0.1) is 17.9 Å². The van der Waals surface area contributed by atoms with Crippen LogP contribution in [0.3, 0.4) is 0 Å². The highest BCUT2D eigenvalue weighted by atomic mass is 16.3. The molecule has 0 aliphatic carbocycles. The zero-order valence-corrected chi connectivity index (χ0v) is 36.0. The van der Waals surface area contributed by atoms with Crippen molar-refractivity contribution in [2.45, 2.75) is 86.5 Å². The summed E-state index contributed by atoms with van der Waals surface area (Å²) in [5, 5.41) is 4.79. The number of amidine groups is 1. The Morgan fingerprint density at radius 1 is 0.525 bits per heavy atom. The molecule has 0 unspecified atom stereocenters. The van der Waals surface area contributed by atoms with Crippen LogP contribution in [0.4, 0.5) is 5.69 Å². The van der Waals surface area contributed by atoms with Gasteiger partial charge in [-0.3, -0.25) is 9.56 Å². The maximum atomic E-state index is 6.45. The van der Waals surface area contributed by atoms with Crippen molar-refractivity contribution in [2.75, 3.05) is 18.0 Å². The Hall–Kier alpha value is -6.40. The van der Waals surface area contributed by atoms with Crippen LogP contribution in [-0.2, 0) is 0 Å². The first-order chi connectivity index (χ1) is 29.1. The summed E-state index contributed by atoms with van der Waals surface area (Å²) in [5.41, 5.74) is 13.9. The van der Waals surface area contributed by atoms with Crippen LogP contribution < -0.4 is 4.90 Å². The molecular weight excluding hydrogens is 749 g/mol. The lowest BCUT2D eigenvalue weighted by molar-refractivity contribution is 0.654. The Morgan fingerprint density at radius 3 is 1.52 bits per heavy atom. The Morgan fingerprint density at radius 2 is 1.00 bits per heavy atom. The molecule has 0 saturated heterocycles. The number of aromatic nitrogens is 2. The number of nitrogens with zero attached hydrogens (tertiary/aromatic N) is 4. The van der Waals surface area contributed by atoms with E-state index in [2.05, 4.69) is 174 Å². The second kappa shape index (κ2) is 16.9. The molecule has 0 spiro atoms. The lowest BCUT2D eigenvalue weighted by Gasteiger charge is -2.29. The molecule has 0 saturated carbocycles. The molecule has 1 aliphatic heterocycles. The van der Waals surface area contributed by atoms with Crippen LogP contribution in [0.2, 0.25) is 0 Å². The molecule has 10 rings (SSSR count). The number of fused-ring (bicyclic) bond motifs is 6. The maximum Gasteiger partial charge on any atom is 0.144 e. The van der Waals surface area contributed by atoms with E-state index in [1.54, 1.807) is 0 Å². The SMILES string of the molecule is C.CC(C)c1cc2c(oc3ccccc32)c(C(C)C)c1-n1ccnc1-c1ccccc1.CC(C)c1cc2c(oc3ccccc32)c(C(C)C)c1N1CCN=C1c1ccccc1. The fourth-order valence-electron chi connectivity index (χ4n) is 9.10. The first-order valence-electron chi connectivity index (χ1n) is 21.5. The molecule has 0 radical (unpaired) electrons. The van der Waals surface area contributed by atoms with Gasteiger partial charge in [-0.1, -0.05) is 160 Å². The van der Waals surface area contributed by atoms with Crippen molar-refractivity contribution in [3.63, 3.8) is 0 Å². The zero-order chi connectivity index (χ0) is 41.7. The highest BCUT2D eigenvalue weighted by Crippen LogP contribution is 2.46. The predicted molar refractivity (Wildman–Crippen MR) is 258 cm³/mol. The molecule has 0 atom stereocenters. The number of anilines is 1. The van der Waals surface area contributed by atoms with Gasteiger partial charge in [-0.15, -0.1) is 0 Å². The van der Waals surface area contributed by atoms with E-state index in [4.69, 9.17) is 18.8 Å². The molecule has 6 heteroatoms. The van der Waals surface area contributed by atoms with Crippen LogP contribution in [0.1, 0.15) is 114 Å². The van der Waals surface area contributed by atoms with Gasteiger partial charge >= 0.3 is 0 Å². The number of rotatable bonds is 8. The summed E-state index contributed by atoms with van der Waals surface area (Å²) >= 11 is 0. The number of hydrogen-bond acceptors (Lipinski definition) is 5. The lowest BCUT2D eigenvalue weighted by atomic mass is 9.89. The number of hydrogen-bond donors (Lipinski definition) is 0. The third-order valence-corrected chi connectivity index (χ3v) is 11.9. The van der Waals surface area contributed by atoms with Gasteiger partial charge in [0.15, 0.2) is 0 Å². The number of imidazole rings is 1. The van der Waals surface area contributed by atoms with E-state index in [1.165, 1.54) is 60.7 Å². The topological polar surface area (TPSA) is 59.7 Å². The van der Waals surface area contributed by atoms with E-state index in [-0.39, 0.29) is 7.43 Å². The molecule has 9 aromatic rings. The minimum Gasteiger partial charge on any atom is -0.456 e. The molecule has 0 amide bonds. The number of benzene rings is 6. The maximum absolute atomic E-state index is 6.45. The Bertz CT molecular complexity index is 3000. The van der Waals surface area contributed by atoms with Gasteiger partial charge in [0.2, 0.25) is 0 Å². The predicted octanol–water partition coefficient (Wildman–Crippen LogP) is 15.4. The van der Waals surface area contributed by atoms with Crippen molar-refractivity contribution in [1.29, 1.82) is 0 Å². The molecule has 0 fully saturated rings. The second-order valence-electron chi connectivity index (χ2n) is 17.2. The minimum atomic E-state index is 0. The second-order valence-corrected chi connectivity index (χ2v) is 17.2. The average molecular weight is 807 g/mol. The number of furan rings is 2. The monoisotopic (exact) mass is 806 g/mol. The third kappa shape index (κ3) is 7.32. The van der Waals surface area contributed by atoms with Crippen LogP contribution >= 0.6 is 0 Å². The molecule has 61 heavy (non-hydrogen) atoms. The van der Waals surface area contributed by atoms with Gasteiger partial charge in [-0.05, 0) is 59.1 Å². The molecule has 0 N–H and O–H groups in total. The molecule has 6 nitrogen and oxygen atoms in total. The lowest BCUT2D eigenvalue weighted by Crippen LogP contribution is -2.30. The van der Waals surface area contributed by atoms with Crippen LogP contribution in [0, 0.1) is 0 Å². The van der Waals surface area contributed by atoms with Crippen molar-refractivity contribution in [1.82, 2.24) is 9.55 Å².